The van der Waals surface area contributed by atoms with Gasteiger partial charge in [-0.15, -0.1) is 0 Å². The van der Waals surface area contributed by atoms with Gasteiger partial charge >= 0.3 is 6.03 Å². The van der Waals surface area contributed by atoms with E-state index in [1.165, 1.54) is 16.4 Å². The monoisotopic (exact) mass is 421 g/mol. The minimum Gasteiger partial charge on any atom is -0.335 e. The van der Waals surface area contributed by atoms with Crippen LogP contribution in [0.1, 0.15) is 34.6 Å². The van der Waals surface area contributed by atoms with E-state index in [1.54, 1.807) is 31.7 Å². The number of nitrogens with zero attached hydrogens (tertiary/aromatic N) is 3. The lowest BCUT2D eigenvalue weighted by Crippen LogP contribution is -2.47. The summed E-state index contributed by atoms with van der Waals surface area (Å²) >= 11 is 0. The average Bonchev–Trinajstić information content (AvgIpc) is 3.13. The van der Waals surface area contributed by atoms with Gasteiger partial charge in [0.1, 0.15) is 0 Å². The fraction of sp³-hybridized carbons (Fsp3) is 0.500. The molecule has 2 rings (SSSR count). The first-order chi connectivity index (χ1) is 13.4. The lowest BCUT2D eigenvalue weighted by molar-refractivity contribution is 0.219. The molecule has 0 unspecified atom stereocenters. The van der Waals surface area contributed by atoms with Crippen molar-refractivity contribution in [2.24, 2.45) is 5.41 Å². The molecule has 0 radical (unpaired) electrons. The summed E-state index contributed by atoms with van der Waals surface area (Å²) in [5.41, 5.74) is 0.352. The molecule has 1 atom stereocenters. The standard InChI is InChI=1S/C20H31N5O3S/c1-15(2)24(6)29(27,28)17-9-7-16(8-10-17)22-19(26)23-18(20(3,4)5)13-25-12-11-21-14-25/h7-12,14-15,18H,13H2,1-6H3,(H2,22,23,26)/t18-/m1/s1. The zero-order chi connectivity index (χ0) is 21.8. The molecule has 2 aromatic rings. The van der Waals surface area contributed by atoms with E-state index in [9.17, 15) is 13.2 Å². The van der Waals surface area contributed by atoms with E-state index in [4.69, 9.17) is 0 Å². The van der Waals surface area contributed by atoms with Gasteiger partial charge in [-0.05, 0) is 43.5 Å². The van der Waals surface area contributed by atoms with E-state index in [1.807, 2.05) is 24.6 Å². The molecular formula is C20H31N5O3S. The molecule has 2 N–H and O–H groups in total. The van der Waals surface area contributed by atoms with Crippen molar-refractivity contribution in [2.45, 2.75) is 58.1 Å². The Hall–Kier alpha value is -2.39. The Morgan fingerprint density at radius 2 is 1.83 bits per heavy atom. The lowest BCUT2D eigenvalue weighted by Gasteiger charge is -2.31. The summed E-state index contributed by atoms with van der Waals surface area (Å²) < 4.78 is 28.3. The number of rotatable bonds is 7. The fourth-order valence-electron chi connectivity index (χ4n) is 2.62. The number of nitrogens with one attached hydrogen (secondary N) is 2. The van der Waals surface area contributed by atoms with Crippen LogP contribution in [0.5, 0.6) is 0 Å². The van der Waals surface area contributed by atoms with Gasteiger partial charge in [-0.1, -0.05) is 20.8 Å². The normalized spacial score (nSPS) is 13.5. The van der Waals surface area contributed by atoms with Gasteiger partial charge in [0.05, 0.1) is 17.3 Å². The van der Waals surface area contributed by atoms with Gasteiger partial charge in [-0.2, -0.15) is 4.31 Å². The second-order valence-corrected chi connectivity index (χ2v) is 10.4. The van der Waals surface area contributed by atoms with Crippen LogP contribution in [0.3, 0.4) is 0 Å². The molecule has 9 heteroatoms. The van der Waals surface area contributed by atoms with Crippen LogP contribution in [-0.4, -0.2) is 47.4 Å². The summed E-state index contributed by atoms with van der Waals surface area (Å²) in [6.07, 6.45) is 5.27. The number of urea groups is 1. The van der Waals surface area contributed by atoms with Gasteiger partial charge in [0, 0.05) is 37.7 Å². The molecule has 0 aliphatic carbocycles. The number of anilines is 1. The molecule has 0 saturated carbocycles. The average molecular weight is 422 g/mol. The van der Waals surface area contributed by atoms with Crippen molar-refractivity contribution in [3.63, 3.8) is 0 Å². The van der Waals surface area contributed by atoms with Crippen LogP contribution in [0.2, 0.25) is 0 Å². The van der Waals surface area contributed by atoms with Crippen LogP contribution in [-0.2, 0) is 16.6 Å². The first kappa shape index (κ1) is 22.9. The second kappa shape index (κ2) is 8.96. The molecule has 1 aromatic carbocycles. The Morgan fingerprint density at radius 1 is 1.21 bits per heavy atom. The first-order valence-corrected chi connectivity index (χ1v) is 11.0. The Morgan fingerprint density at radius 3 is 2.31 bits per heavy atom. The predicted molar refractivity (Wildman–Crippen MR) is 114 cm³/mol. The predicted octanol–water partition coefficient (Wildman–Crippen LogP) is 3.15. The van der Waals surface area contributed by atoms with E-state index >= 15 is 0 Å². The highest BCUT2D eigenvalue weighted by Crippen LogP contribution is 2.22. The molecule has 1 heterocycles. The number of benzene rings is 1. The number of carbonyl (C=O) groups is 1. The van der Waals surface area contributed by atoms with E-state index in [2.05, 4.69) is 36.4 Å². The van der Waals surface area contributed by atoms with Crippen molar-refractivity contribution in [1.29, 1.82) is 0 Å². The van der Waals surface area contributed by atoms with Crippen molar-refractivity contribution < 1.29 is 13.2 Å². The molecule has 0 aliphatic heterocycles. The second-order valence-electron chi connectivity index (χ2n) is 8.42. The summed E-state index contributed by atoms with van der Waals surface area (Å²) in [4.78, 5) is 16.7. The SMILES string of the molecule is CC(C)N(C)S(=O)(=O)c1ccc(NC(=O)N[C@H](Cn2ccnc2)C(C)(C)C)cc1. The van der Waals surface area contributed by atoms with Gasteiger partial charge in [-0.25, -0.2) is 18.2 Å². The third-order valence-corrected chi connectivity index (χ3v) is 6.87. The van der Waals surface area contributed by atoms with Crippen LogP contribution in [0.15, 0.2) is 47.9 Å². The van der Waals surface area contributed by atoms with E-state index in [0.717, 1.165) is 0 Å². The number of hydrogen-bond donors (Lipinski definition) is 2. The lowest BCUT2D eigenvalue weighted by atomic mass is 9.86. The van der Waals surface area contributed by atoms with Crippen LogP contribution < -0.4 is 10.6 Å². The van der Waals surface area contributed by atoms with Gasteiger partial charge in [0.25, 0.3) is 0 Å². The summed E-state index contributed by atoms with van der Waals surface area (Å²) in [5, 5.41) is 5.77. The third-order valence-electron chi connectivity index (χ3n) is 4.82. The third kappa shape index (κ3) is 6.04. The molecule has 0 bridgehead atoms. The smallest absolute Gasteiger partial charge is 0.319 e. The van der Waals surface area contributed by atoms with Gasteiger partial charge in [-0.3, -0.25) is 0 Å². The maximum Gasteiger partial charge on any atom is 0.319 e. The highest BCUT2D eigenvalue weighted by Gasteiger charge is 2.27. The molecule has 0 fully saturated rings. The van der Waals surface area contributed by atoms with Crippen LogP contribution in [0, 0.1) is 5.41 Å². The maximum absolute atomic E-state index is 12.5. The minimum absolute atomic E-state index is 0.129. The van der Waals surface area contributed by atoms with Gasteiger partial charge in [0.2, 0.25) is 10.0 Å². The maximum atomic E-state index is 12.5. The number of sulfonamides is 1. The zero-order valence-corrected chi connectivity index (χ0v) is 18.7. The van der Waals surface area contributed by atoms with Crippen molar-refractivity contribution in [3.05, 3.63) is 43.0 Å². The number of hydrogen-bond acceptors (Lipinski definition) is 4. The van der Waals surface area contributed by atoms with Crippen molar-refractivity contribution in [3.8, 4) is 0 Å². The zero-order valence-electron chi connectivity index (χ0n) is 17.9. The fourth-order valence-corrected chi connectivity index (χ4v) is 3.99. The highest BCUT2D eigenvalue weighted by atomic mass is 32.2. The van der Waals surface area contributed by atoms with E-state index in [-0.39, 0.29) is 28.4 Å². The van der Waals surface area contributed by atoms with E-state index < -0.39 is 10.0 Å². The Kier molecular flexibility index (Phi) is 7.07. The Labute approximate surface area is 173 Å². The molecule has 0 spiro atoms. The van der Waals surface area contributed by atoms with Crippen molar-refractivity contribution in [1.82, 2.24) is 19.2 Å². The summed E-state index contributed by atoms with van der Waals surface area (Å²) in [7, 11) is -2.01. The van der Waals surface area contributed by atoms with E-state index in [0.29, 0.717) is 12.2 Å². The molecule has 0 aliphatic rings. The first-order valence-electron chi connectivity index (χ1n) is 9.52. The summed E-state index contributed by atoms with van der Waals surface area (Å²) in [6, 6.07) is 5.54. The molecule has 0 saturated heterocycles. The molecule has 2 amide bonds. The van der Waals surface area contributed by atoms with Crippen LogP contribution in [0.25, 0.3) is 0 Å². The van der Waals surface area contributed by atoms with Gasteiger partial charge in [0.15, 0.2) is 0 Å². The quantitative estimate of drug-likeness (QED) is 0.718. The number of carbonyl (C=O) groups excluding carboxylic acids is 1. The molecule has 29 heavy (non-hydrogen) atoms. The summed E-state index contributed by atoms with van der Waals surface area (Å²) in [6.45, 7) is 10.4. The molecule has 1 aromatic heterocycles. The summed E-state index contributed by atoms with van der Waals surface area (Å²) in [5.74, 6) is 0. The number of imidazole rings is 1. The largest absolute Gasteiger partial charge is 0.335 e. The molecule has 160 valence electrons. The number of aromatic nitrogens is 2. The Balaban J connectivity index is 2.06. The van der Waals surface area contributed by atoms with Crippen LogP contribution >= 0.6 is 0 Å². The van der Waals surface area contributed by atoms with Crippen molar-refractivity contribution >= 4 is 21.7 Å². The number of amides is 2. The van der Waals surface area contributed by atoms with Crippen molar-refractivity contribution in [2.75, 3.05) is 12.4 Å². The topological polar surface area (TPSA) is 96.3 Å². The highest BCUT2D eigenvalue weighted by molar-refractivity contribution is 7.89. The molecular weight excluding hydrogens is 390 g/mol. The minimum atomic E-state index is -3.55. The Bertz CT molecular complexity index is 901. The van der Waals surface area contributed by atoms with Crippen LogP contribution in [0.4, 0.5) is 10.5 Å². The molecule has 8 nitrogen and oxygen atoms in total. The van der Waals surface area contributed by atoms with Gasteiger partial charge < -0.3 is 15.2 Å².